The van der Waals surface area contributed by atoms with Gasteiger partial charge in [-0.1, -0.05) is 11.6 Å². The topological polar surface area (TPSA) is 24.9 Å². The summed E-state index contributed by atoms with van der Waals surface area (Å²) in [7, 11) is 0. The summed E-state index contributed by atoms with van der Waals surface area (Å²) in [5, 5.41) is 3.81. The molecule has 1 heterocycles. The lowest BCUT2D eigenvalue weighted by atomic mass is 10.3. The average molecular weight is 310 g/mol. The van der Waals surface area contributed by atoms with E-state index in [1.165, 1.54) is 18.6 Å². The molecule has 0 aliphatic carbocycles. The van der Waals surface area contributed by atoms with Crippen LogP contribution in [0.1, 0.15) is 12.8 Å². The van der Waals surface area contributed by atoms with Crippen LogP contribution in [0.25, 0.3) is 0 Å². The number of aromatic nitrogens is 1. The van der Waals surface area contributed by atoms with Crippen LogP contribution in [0.4, 0.5) is 5.69 Å². The van der Waals surface area contributed by atoms with Gasteiger partial charge in [0.1, 0.15) is 5.15 Å². The van der Waals surface area contributed by atoms with Gasteiger partial charge in [0.2, 0.25) is 0 Å². The minimum absolute atomic E-state index is 0.503. The predicted molar refractivity (Wildman–Crippen MR) is 73.1 cm³/mol. The van der Waals surface area contributed by atoms with Gasteiger partial charge in [-0.3, -0.25) is 0 Å². The van der Waals surface area contributed by atoms with Crippen LogP contribution in [-0.2, 0) is 0 Å². The van der Waals surface area contributed by atoms with E-state index < -0.39 is 0 Å². The van der Waals surface area contributed by atoms with Crippen molar-refractivity contribution >= 4 is 45.0 Å². The smallest absolute Gasteiger partial charge is 0.143 e. The highest BCUT2D eigenvalue weighted by Crippen LogP contribution is 2.22. The lowest BCUT2D eigenvalue weighted by Gasteiger charge is -2.06. The van der Waals surface area contributed by atoms with Crippen molar-refractivity contribution in [1.29, 1.82) is 0 Å². The third-order valence-electron chi connectivity index (χ3n) is 1.90. The van der Waals surface area contributed by atoms with E-state index in [9.17, 15) is 0 Å². The summed E-state index contributed by atoms with van der Waals surface area (Å²) in [6.45, 7) is 0.982. The molecule has 1 rings (SSSR count). The Balaban J connectivity index is 2.28. The summed E-state index contributed by atoms with van der Waals surface area (Å²) in [6.07, 6.45) is 6.31. The Morgan fingerprint density at radius 2 is 2.33 bits per heavy atom. The number of rotatable bonds is 6. The summed E-state index contributed by atoms with van der Waals surface area (Å²) >= 11 is 11.0. The molecule has 2 nitrogen and oxygen atoms in total. The number of halogens is 2. The van der Waals surface area contributed by atoms with E-state index in [-0.39, 0.29) is 0 Å². The molecule has 15 heavy (non-hydrogen) atoms. The molecule has 0 saturated carbocycles. The molecule has 0 amide bonds. The quantitative estimate of drug-likeness (QED) is 0.634. The Labute approximate surface area is 108 Å². The zero-order valence-electron chi connectivity index (χ0n) is 8.59. The van der Waals surface area contributed by atoms with Crippen molar-refractivity contribution in [1.82, 2.24) is 4.98 Å². The molecule has 0 aromatic carbocycles. The first-order chi connectivity index (χ1) is 7.24. The molecular weight excluding hydrogens is 296 g/mol. The van der Waals surface area contributed by atoms with Crippen LogP contribution in [0.15, 0.2) is 16.7 Å². The molecule has 0 spiro atoms. The third kappa shape index (κ3) is 5.09. The minimum Gasteiger partial charge on any atom is -0.384 e. The largest absolute Gasteiger partial charge is 0.384 e. The van der Waals surface area contributed by atoms with E-state index in [4.69, 9.17) is 11.6 Å². The van der Waals surface area contributed by atoms with Crippen LogP contribution < -0.4 is 5.32 Å². The fraction of sp³-hybridized carbons (Fsp3) is 0.500. The molecule has 0 radical (unpaired) electrons. The molecule has 1 aromatic rings. The van der Waals surface area contributed by atoms with Gasteiger partial charge in [0.15, 0.2) is 0 Å². The Morgan fingerprint density at radius 3 is 3.00 bits per heavy atom. The Morgan fingerprint density at radius 1 is 1.53 bits per heavy atom. The average Bonchev–Trinajstić information content (AvgIpc) is 2.23. The van der Waals surface area contributed by atoms with Crippen LogP contribution in [0, 0.1) is 0 Å². The second-order valence-electron chi connectivity index (χ2n) is 3.12. The normalized spacial score (nSPS) is 10.3. The summed E-state index contributed by atoms with van der Waals surface area (Å²) < 4.78 is 0.832. The van der Waals surface area contributed by atoms with Crippen LogP contribution in [0.3, 0.4) is 0 Å². The van der Waals surface area contributed by atoms with Crippen molar-refractivity contribution in [3.8, 4) is 0 Å². The lowest BCUT2D eigenvalue weighted by Crippen LogP contribution is -2.02. The highest BCUT2D eigenvalue weighted by atomic mass is 79.9. The first-order valence-corrected chi connectivity index (χ1v) is 7.34. The zero-order valence-corrected chi connectivity index (χ0v) is 11.8. The molecule has 0 bridgehead atoms. The number of hydrogen-bond donors (Lipinski definition) is 1. The fourth-order valence-electron chi connectivity index (χ4n) is 1.12. The monoisotopic (exact) mass is 308 g/mol. The van der Waals surface area contributed by atoms with Crippen molar-refractivity contribution in [2.24, 2.45) is 0 Å². The molecule has 84 valence electrons. The second-order valence-corrected chi connectivity index (χ2v) is 5.32. The van der Waals surface area contributed by atoms with Crippen molar-refractivity contribution in [3.63, 3.8) is 0 Å². The van der Waals surface area contributed by atoms with Gasteiger partial charge in [0, 0.05) is 6.54 Å². The van der Waals surface area contributed by atoms with Gasteiger partial charge in [-0.05, 0) is 46.8 Å². The van der Waals surface area contributed by atoms with Crippen molar-refractivity contribution in [2.75, 3.05) is 23.9 Å². The first-order valence-electron chi connectivity index (χ1n) is 4.78. The van der Waals surface area contributed by atoms with E-state index in [0.717, 1.165) is 16.7 Å². The maximum absolute atomic E-state index is 5.79. The Hall–Kier alpha value is 0.0700. The maximum Gasteiger partial charge on any atom is 0.143 e. The molecule has 0 fully saturated rings. The molecule has 1 N–H and O–H groups in total. The van der Waals surface area contributed by atoms with Crippen molar-refractivity contribution in [2.45, 2.75) is 12.8 Å². The summed E-state index contributed by atoms with van der Waals surface area (Å²) in [5.74, 6) is 1.23. The van der Waals surface area contributed by atoms with Crippen molar-refractivity contribution < 1.29 is 0 Å². The summed E-state index contributed by atoms with van der Waals surface area (Å²) in [5.41, 5.74) is 1.01. The van der Waals surface area contributed by atoms with E-state index >= 15 is 0 Å². The van der Waals surface area contributed by atoms with Gasteiger partial charge >= 0.3 is 0 Å². The van der Waals surface area contributed by atoms with Crippen molar-refractivity contribution in [3.05, 3.63) is 21.9 Å². The minimum atomic E-state index is 0.503. The van der Waals surface area contributed by atoms with Crippen LogP contribution in [0.2, 0.25) is 5.15 Å². The van der Waals surface area contributed by atoms with Gasteiger partial charge in [-0.25, -0.2) is 4.98 Å². The molecule has 0 atom stereocenters. The maximum atomic E-state index is 5.79. The molecule has 0 unspecified atom stereocenters. The van der Waals surface area contributed by atoms with Crippen LogP contribution in [0.5, 0.6) is 0 Å². The number of nitrogens with zero attached hydrogens (tertiary/aromatic N) is 1. The van der Waals surface area contributed by atoms with Gasteiger partial charge in [0.25, 0.3) is 0 Å². The zero-order chi connectivity index (χ0) is 11.1. The predicted octanol–water partition coefficient (Wildman–Crippen LogP) is 4.05. The second kappa shape index (κ2) is 7.36. The highest BCUT2D eigenvalue weighted by molar-refractivity contribution is 9.10. The third-order valence-corrected chi connectivity index (χ3v) is 3.73. The molecule has 0 saturated heterocycles. The number of nitrogens with one attached hydrogen (secondary N) is 1. The Bertz CT molecular complexity index is 309. The number of anilines is 1. The number of hydrogen-bond acceptors (Lipinski definition) is 3. The Kier molecular flexibility index (Phi) is 6.45. The highest BCUT2D eigenvalue weighted by Gasteiger charge is 1.99. The lowest BCUT2D eigenvalue weighted by molar-refractivity contribution is 0.843. The van der Waals surface area contributed by atoms with Crippen LogP contribution >= 0.6 is 39.3 Å². The molecule has 5 heteroatoms. The van der Waals surface area contributed by atoms with E-state index in [1.807, 2.05) is 17.8 Å². The first kappa shape index (κ1) is 13.1. The number of pyridine rings is 1. The van der Waals surface area contributed by atoms with E-state index in [0.29, 0.717) is 5.15 Å². The summed E-state index contributed by atoms with van der Waals surface area (Å²) in [4.78, 5) is 4.05. The SMILES string of the molecule is CSCCCCNc1cnc(Cl)c(Br)c1. The number of thioether (sulfide) groups is 1. The molecule has 0 aliphatic rings. The van der Waals surface area contributed by atoms with Crippen LogP contribution in [-0.4, -0.2) is 23.5 Å². The summed E-state index contributed by atoms with van der Waals surface area (Å²) in [6, 6.07) is 1.95. The standard InChI is InChI=1S/C10H14BrClN2S/c1-15-5-3-2-4-13-8-6-9(11)10(12)14-7-8/h6-7,13H,2-5H2,1H3. The van der Waals surface area contributed by atoms with Gasteiger partial charge in [-0.2, -0.15) is 11.8 Å². The fourth-order valence-corrected chi connectivity index (χ4v) is 2.07. The van der Waals surface area contributed by atoms with E-state index in [1.54, 1.807) is 6.20 Å². The number of unbranched alkanes of at least 4 members (excludes halogenated alkanes) is 1. The molecule has 0 aliphatic heterocycles. The van der Waals surface area contributed by atoms with E-state index in [2.05, 4.69) is 32.5 Å². The molecule has 1 aromatic heterocycles. The van der Waals surface area contributed by atoms with Gasteiger partial charge in [0.05, 0.1) is 16.4 Å². The van der Waals surface area contributed by atoms with Gasteiger partial charge < -0.3 is 5.32 Å². The van der Waals surface area contributed by atoms with Gasteiger partial charge in [-0.15, -0.1) is 0 Å². The molecular formula is C10H14BrClN2S.